The van der Waals surface area contributed by atoms with Crippen LogP contribution in [0.25, 0.3) is 0 Å². The summed E-state index contributed by atoms with van der Waals surface area (Å²) in [5.41, 5.74) is 0. The Labute approximate surface area is 71.3 Å². The highest BCUT2D eigenvalue weighted by Crippen LogP contribution is 2.10. The largest absolute Gasteiger partial charge is 0.0643 e. The zero-order valence-electron chi connectivity index (χ0n) is 5.59. The maximum Gasteiger partial charge on any atom is 0.0231 e. The first-order chi connectivity index (χ1) is 4.26. The summed E-state index contributed by atoms with van der Waals surface area (Å²) in [4.78, 5) is 0. The SMILES string of the molecule is CCC(CC)S(Cl)=S=S. The van der Waals surface area contributed by atoms with E-state index in [1.807, 2.05) is 0 Å². The van der Waals surface area contributed by atoms with Crippen LogP contribution >= 0.6 is 10.7 Å². The minimum Gasteiger partial charge on any atom is -0.0643 e. The number of hydrogen-bond donors (Lipinski definition) is 0. The van der Waals surface area contributed by atoms with Gasteiger partial charge in [0.1, 0.15) is 0 Å². The monoisotopic (exact) mass is 202 g/mol. The molecule has 0 fully saturated rings. The van der Waals surface area contributed by atoms with Crippen molar-refractivity contribution in [1.82, 2.24) is 0 Å². The molecule has 0 aliphatic rings. The average Bonchev–Trinajstić information content (AvgIpc) is 1.90. The zero-order chi connectivity index (χ0) is 7.28. The molecule has 9 heavy (non-hydrogen) atoms. The first kappa shape index (κ1) is 10.1. The molecule has 0 aromatic heterocycles. The molecular weight excluding hydrogens is 192 g/mol. The van der Waals surface area contributed by atoms with E-state index in [4.69, 9.17) is 21.9 Å². The van der Waals surface area contributed by atoms with Crippen LogP contribution in [0.4, 0.5) is 0 Å². The van der Waals surface area contributed by atoms with Gasteiger partial charge >= 0.3 is 0 Å². The van der Waals surface area contributed by atoms with Crippen molar-refractivity contribution < 1.29 is 0 Å². The molecule has 0 radical (unpaired) electrons. The zero-order valence-corrected chi connectivity index (χ0v) is 8.80. The van der Waals surface area contributed by atoms with Gasteiger partial charge in [0, 0.05) is 5.25 Å². The Hall–Kier alpha value is 1.08. The van der Waals surface area contributed by atoms with E-state index in [2.05, 4.69) is 13.8 Å². The number of rotatable bonds is 3. The minimum atomic E-state index is -0.111. The molecule has 0 N–H and O–H groups in total. The van der Waals surface area contributed by atoms with Gasteiger partial charge in [0.2, 0.25) is 0 Å². The molecule has 56 valence electrons. The van der Waals surface area contributed by atoms with E-state index in [9.17, 15) is 0 Å². The molecule has 0 nitrogen and oxygen atoms in total. The van der Waals surface area contributed by atoms with Crippen molar-refractivity contribution in [2.75, 3.05) is 0 Å². The Bertz CT molecular complexity index is 124. The molecule has 0 bridgehead atoms. The molecule has 0 amide bonds. The van der Waals surface area contributed by atoms with Gasteiger partial charge in [0.25, 0.3) is 0 Å². The maximum absolute atomic E-state index is 5.92. The molecule has 0 aliphatic carbocycles. The van der Waals surface area contributed by atoms with Crippen LogP contribution in [0.15, 0.2) is 0 Å². The summed E-state index contributed by atoms with van der Waals surface area (Å²) >= 11 is 4.78. The first-order valence-corrected chi connectivity index (χ1v) is 7.33. The Morgan fingerprint density at radius 2 is 2.00 bits per heavy atom. The van der Waals surface area contributed by atoms with Crippen LogP contribution in [0.1, 0.15) is 26.7 Å². The topological polar surface area (TPSA) is 0 Å². The van der Waals surface area contributed by atoms with Crippen molar-refractivity contribution in [3.63, 3.8) is 0 Å². The minimum absolute atomic E-state index is 0.111. The average molecular weight is 203 g/mol. The lowest BCUT2D eigenvalue weighted by Gasteiger charge is -2.07. The molecular formula is C5H11ClS3. The highest BCUT2D eigenvalue weighted by atomic mass is 35.7. The molecule has 0 aliphatic heterocycles. The van der Waals surface area contributed by atoms with Crippen LogP contribution in [0.5, 0.6) is 0 Å². The molecule has 0 rings (SSSR count). The lowest BCUT2D eigenvalue weighted by Crippen LogP contribution is -2.06. The second-order valence-electron chi connectivity index (χ2n) is 1.75. The third-order valence-corrected chi connectivity index (χ3v) is 7.08. The molecule has 0 aromatic rings. The van der Waals surface area contributed by atoms with E-state index in [1.54, 1.807) is 0 Å². The third-order valence-electron chi connectivity index (χ3n) is 1.24. The summed E-state index contributed by atoms with van der Waals surface area (Å²) in [6.07, 6.45) is 2.29. The summed E-state index contributed by atoms with van der Waals surface area (Å²) in [5, 5.41) is 0.620. The van der Waals surface area contributed by atoms with Crippen LogP contribution in [-0.4, -0.2) is 5.25 Å². The van der Waals surface area contributed by atoms with Crippen molar-refractivity contribution in [2.45, 2.75) is 31.9 Å². The molecule has 1 atom stereocenters. The Morgan fingerprint density at radius 3 is 2.11 bits per heavy atom. The fourth-order valence-corrected chi connectivity index (χ4v) is 4.15. The number of halogens is 1. The van der Waals surface area contributed by atoms with E-state index in [0.717, 1.165) is 12.8 Å². The highest BCUT2D eigenvalue weighted by molar-refractivity contribution is 8.56. The molecule has 4 heteroatoms. The van der Waals surface area contributed by atoms with E-state index in [1.165, 1.54) is 8.88 Å². The van der Waals surface area contributed by atoms with Gasteiger partial charge in [-0.25, -0.2) is 0 Å². The molecule has 0 saturated carbocycles. The fraction of sp³-hybridized carbons (Fsp3) is 1.00. The summed E-state index contributed by atoms with van der Waals surface area (Å²) in [7, 11) is 7.17. The second kappa shape index (κ2) is 5.83. The van der Waals surface area contributed by atoms with Gasteiger partial charge in [-0.1, -0.05) is 13.8 Å². The van der Waals surface area contributed by atoms with E-state index in [-0.39, 0.29) is 8.67 Å². The Balaban J connectivity index is 3.95. The Morgan fingerprint density at radius 1 is 1.56 bits per heavy atom. The van der Waals surface area contributed by atoms with Gasteiger partial charge in [-0.3, -0.25) is 0 Å². The van der Waals surface area contributed by atoms with Gasteiger partial charge in [0.05, 0.1) is 0 Å². The number of hydrogen-bond acceptors (Lipinski definition) is 1. The lowest BCUT2D eigenvalue weighted by molar-refractivity contribution is 0.794. The maximum atomic E-state index is 5.92. The van der Waals surface area contributed by atoms with Gasteiger partial charge in [-0.15, -0.1) is 0 Å². The molecule has 0 aromatic carbocycles. The van der Waals surface area contributed by atoms with Crippen molar-refractivity contribution in [2.24, 2.45) is 0 Å². The molecule has 1 unspecified atom stereocenters. The Kier molecular flexibility index (Phi) is 6.53. The normalized spacial score (nSPS) is 13.8. The fourth-order valence-electron chi connectivity index (χ4n) is 0.606. The van der Waals surface area contributed by atoms with E-state index in [0.29, 0.717) is 5.25 Å². The van der Waals surface area contributed by atoms with Crippen LogP contribution in [0.2, 0.25) is 0 Å². The van der Waals surface area contributed by atoms with Crippen LogP contribution in [-0.2, 0) is 28.7 Å². The first-order valence-electron chi connectivity index (χ1n) is 2.95. The van der Waals surface area contributed by atoms with Gasteiger partial charge in [0.15, 0.2) is 0 Å². The predicted molar refractivity (Wildman–Crippen MR) is 52.3 cm³/mol. The van der Waals surface area contributed by atoms with Crippen molar-refractivity contribution >= 4 is 39.4 Å². The molecule has 0 spiro atoms. The third kappa shape index (κ3) is 3.71. The molecule has 0 heterocycles. The van der Waals surface area contributed by atoms with Crippen LogP contribution < -0.4 is 0 Å². The van der Waals surface area contributed by atoms with E-state index < -0.39 is 0 Å². The van der Waals surface area contributed by atoms with Gasteiger partial charge in [-0.2, -0.15) is 0 Å². The van der Waals surface area contributed by atoms with E-state index >= 15 is 0 Å². The molecule has 0 saturated heterocycles. The van der Waals surface area contributed by atoms with Crippen molar-refractivity contribution in [3.05, 3.63) is 0 Å². The highest BCUT2D eigenvalue weighted by Gasteiger charge is 2.04. The van der Waals surface area contributed by atoms with Crippen molar-refractivity contribution in [1.29, 1.82) is 0 Å². The van der Waals surface area contributed by atoms with Gasteiger partial charge < -0.3 is 0 Å². The summed E-state index contributed by atoms with van der Waals surface area (Å²) < 4.78 is 0. The summed E-state index contributed by atoms with van der Waals surface area (Å²) in [5.74, 6) is 0. The summed E-state index contributed by atoms with van der Waals surface area (Å²) in [6.45, 7) is 4.31. The van der Waals surface area contributed by atoms with Crippen LogP contribution in [0, 0.1) is 0 Å². The summed E-state index contributed by atoms with van der Waals surface area (Å²) in [6, 6.07) is 0. The quantitative estimate of drug-likeness (QED) is 0.634. The predicted octanol–water partition coefficient (Wildman–Crippen LogP) is 2.41. The lowest BCUT2D eigenvalue weighted by atomic mass is 10.3. The smallest absolute Gasteiger partial charge is 0.0231 e. The second-order valence-corrected chi connectivity index (χ2v) is 7.31. The van der Waals surface area contributed by atoms with Gasteiger partial charge in [-0.05, 0) is 52.3 Å². The van der Waals surface area contributed by atoms with Crippen LogP contribution in [0.3, 0.4) is 0 Å². The van der Waals surface area contributed by atoms with Crippen molar-refractivity contribution in [3.8, 4) is 0 Å². The standard InChI is InChI=1S/C5H11ClS3/c1-3-5(4-2)9(6)8-7/h5H,3-4H2,1-2H3.